The van der Waals surface area contributed by atoms with Crippen molar-refractivity contribution in [2.24, 2.45) is 17.3 Å². The minimum absolute atomic E-state index is 0.0539. The van der Waals surface area contributed by atoms with Crippen molar-refractivity contribution < 1.29 is 19.4 Å². The number of carbonyl (C=O) groups is 1. The summed E-state index contributed by atoms with van der Waals surface area (Å²) in [6.45, 7) is 8.47. The highest BCUT2D eigenvalue weighted by molar-refractivity contribution is 5.89. The van der Waals surface area contributed by atoms with E-state index < -0.39 is 5.60 Å². The second-order valence-corrected chi connectivity index (χ2v) is 8.91. The third-order valence-corrected chi connectivity index (χ3v) is 6.78. The van der Waals surface area contributed by atoms with Crippen LogP contribution in [-0.2, 0) is 4.74 Å². The SMILES string of the molecule is COc1ccc(C(=O)O[C@@H]2CC(C)=CC[C@]3(C)CC[C@](O)(C(C)C)[C@@H]23)cc1. The molecule has 2 aliphatic rings. The van der Waals surface area contributed by atoms with Crippen LogP contribution in [0.5, 0.6) is 5.75 Å². The van der Waals surface area contributed by atoms with Gasteiger partial charge in [0.25, 0.3) is 0 Å². The number of hydrogen-bond acceptors (Lipinski definition) is 4. The Balaban J connectivity index is 1.90. The fraction of sp³-hybridized carbons (Fsp3) is 0.609. The molecule has 148 valence electrons. The van der Waals surface area contributed by atoms with Gasteiger partial charge in [0, 0.05) is 12.3 Å². The molecule has 0 aliphatic heterocycles. The van der Waals surface area contributed by atoms with Gasteiger partial charge in [-0.2, -0.15) is 0 Å². The van der Waals surface area contributed by atoms with E-state index in [1.54, 1.807) is 31.4 Å². The number of esters is 1. The van der Waals surface area contributed by atoms with Gasteiger partial charge >= 0.3 is 5.97 Å². The van der Waals surface area contributed by atoms with Gasteiger partial charge in [-0.3, -0.25) is 0 Å². The van der Waals surface area contributed by atoms with Crippen molar-refractivity contribution in [3.8, 4) is 5.75 Å². The smallest absolute Gasteiger partial charge is 0.338 e. The Kier molecular flexibility index (Phi) is 5.40. The molecule has 3 rings (SSSR count). The molecule has 0 spiro atoms. The van der Waals surface area contributed by atoms with Crippen LogP contribution in [0.1, 0.15) is 63.7 Å². The van der Waals surface area contributed by atoms with Gasteiger partial charge in [0.15, 0.2) is 0 Å². The predicted octanol–water partition coefficient (Wildman–Crippen LogP) is 4.76. The topological polar surface area (TPSA) is 55.8 Å². The van der Waals surface area contributed by atoms with Crippen molar-refractivity contribution in [3.05, 3.63) is 41.5 Å². The lowest BCUT2D eigenvalue weighted by molar-refractivity contribution is -0.112. The Morgan fingerprint density at radius 3 is 2.48 bits per heavy atom. The Morgan fingerprint density at radius 2 is 1.89 bits per heavy atom. The molecule has 0 heterocycles. The largest absolute Gasteiger partial charge is 0.497 e. The summed E-state index contributed by atoms with van der Waals surface area (Å²) in [6, 6.07) is 6.98. The Hall–Kier alpha value is -1.81. The van der Waals surface area contributed by atoms with Crippen molar-refractivity contribution >= 4 is 5.97 Å². The molecule has 0 bridgehead atoms. The molecule has 4 heteroatoms. The number of methoxy groups -OCH3 is 1. The van der Waals surface area contributed by atoms with Gasteiger partial charge in [-0.15, -0.1) is 0 Å². The third kappa shape index (κ3) is 3.64. The third-order valence-electron chi connectivity index (χ3n) is 6.78. The molecule has 4 nitrogen and oxygen atoms in total. The lowest BCUT2D eigenvalue weighted by atomic mass is 9.67. The number of carbonyl (C=O) groups excluding carboxylic acids is 1. The molecular formula is C23H32O4. The first-order chi connectivity index (χ1) is 12.7. The highest BCUT2D eigenvalue weighted by Gasteiger charge is 2.59. The zero-order valence-corrected chi connectivity index (χ0v) is 17.1. The number of benzene rings is 1. The second kappa shape index (κ2) is 7.31. The Morgan fingerprint density at radius 1 is 1.22 bits per heavy atom. The summed E-state index contributed by atoms with van der Waals surface area (Å²) in [6.07, 6.45) is 5.26. The van der Waals surface area contributed by atoms with E-state index in [-0.39, 0.29) is 29.3 Å². The maximum absolute atomic E-state index is 12.8. The molecular weight excluding hydrogens is 340 g/mol. The lowest BCUT2D eigenvalue weighted by Crippen LogP contribution is -2.50. The minimum atomic E-state index is -0.807. The van der Waals surface area contributed by atoms with E-state index in [2.05, 4.69) is 33.8 Å². The molecule has 1 aromatic carbocycles. The molecule has 0 saturated heterocycles. The molecule has 27 heavy (non-hydrogen) atoms. The van der Waals surface area contributed by atoms with Crippen LogP contribution < -0.4 is 4.74 Å². The van der Waals surface area contributed by atoms with Gasteiger partial charge in [0.1, 0.15) is 11.9 Å². The zero-order chi connectivity index (χ0) is 19.8. The molecule has 1 N–H and O–H groups in total. The first-order valence-corrected chi connectivity index (χ1v) is 9.92. The summed E-state index contributed by atoms with van der Waals surface area (Å²) >= 11 is 0. The highest BCUT2D eigenvalue weighted by atomic mass is 16.5. The standard InChI is InChI=1S/C23H32O4/c1-15(2)23(25)13-12-22(4)11-10-16(3)14-19(20(22)23)27-21(24)17-6-8-18(26-5)9-7-17/h6-10,15,19-20,25H,11-14H2,1-5H3/t19-,20+,22-,23+/m1/s1. The van der Waals surface area contributed by atoms with Crippen molar-refractivity contribution in [2.75, 3.05) is 7.11 Å². The number of rotatable bonds is 4. The van der Waals surface area contributed by atoms with Crippen molar-refractivity contribution in [1.82, 2.24) is 0 Å². The van der Waals surface area contributed by atoms with Crippen molar-refractivity contribution in [1.29, 1.82) is 0 Å². The molecule has 0 aromatic heterocycles. The van der Waals surface area contributed by atoms with E-state index in [9.17, 15) is 9.90 Å². The van der Waals surface area contributed by atoms with Crippen LogP contribution in [0.4, 0.5) is 0 Å². The number of allylic oxidation sites excluding steroid dienone is 1. The molecule has 0 radical (unpaired) electrons. The maximum atomic E-state index is 12.8. The van der Waals surface area contributed by atoms with E-state index in [0.29, 0.717) is 17.7 Å². The molecule has 0 amide bonds. The summed E-state index contributed by atoms with van der Waals surface area (Å²) in [4.78, 5) is 12.8. The maximum Gasteiger partial charge on any atom is 0.338 e. The normalized spacial score (nSPS) is 33.2. The first-order valence-electron chi connectivity index (χ1n) is 9.92. The van der Waals surface area contributed by atoms with Gasteiger partial charge in [-0.05, 0) is 61.8 Å². The summed E-state index contributed by atoms with van der Waals surface area (Å²) in [5.74, 6) is 0.417. The van der Waals surface area contributed by atoms with Crippen LogP contribution in [0.25, 0.3) is 0 Å². The summed E-state index contributed by atoms with van der Waals surface area (Å²) in [5.41, 5.74) is 0.874. The van der Waals surface area contributed by atoms with E-state index in [4.69, 9.17) is 9.47 Å². The van der Waals surface area contributed by atoms with Gasteiger partial charge < -0.3 is 14.6 Å². The van der Waals surface area contributed by atoms with Crippen LogP contribution in [0.2, 0.25) is 0 Å². The fourth-order valence-electron chi connectivity index (χ4n) is 5.02. The van der Waals surface area contributed by atoms with E-state index >= 15 is 0 Å². The monoisotopic (exact) mass is 372 g/mol. The minimum Gasteiger partial charge on any atom is -0.497 e. The summed E-state index contributed by atoms with van der Waals surface area (Å²) < 4.78 is 11.2. The fourth-order valence-corrected chi connectivity index (χ4v) is 5.02. The number of hydrogen-bond donors (Lipinski definition) is 1. The quantitative estimate of drug-likeness (QED) is 0.611. The van der Waals surface area contributed by atoms with Gasteiger partial charge in [-0.25, -0.2) is 4.79 Å². The Labute approximate surface area is 162 Å². The van der Waals surface area contributed by atoms with Crippen LogP contribution >= 0.6 is 0 Å². The predicted molar refractivity (Wildman–Crippen MR) is 106 cm³/mol. The average molecular weight is 373 g/mol. The van der Waals surface area contributed by atoms with E-state index in [1.165, 1.54) is 5.57 Å². The van der Waals surface area contributed by atoms with Crippen molar-refractivity contribution in [3.63, 3.8) is 0 Å². The first kappa shape index (κ1) is 19.9. The molecule has 2 aliphatic carbocycles. The molecule has 4 atom stereocenters. The van der Waals surface area contributed by atoms with E-state index in [0.717, 1.165) is 19.3 Å². The number of fused-ring (bicyclic) bond motifs is 1. The van der Waals surface area contributed by atoms with Gasteiger partial charge in [0.05, 0.1) is 18.3 Å². The number of aliphatic hydroxyl groups is 1. The van der Waals surface area contributed by atoms with Gasteiger partial charge in [-0.1, -0.05) is 32.4 Å². The molecule has 1 saturated carbocycles. The number of ether oxygens (including phenoxy) is 2. The van der Waals surface area contributed by atoms with Crippen LogP contribution in [0.3, 0.4) is 0 Å². The van der Waals surface area contributed by atoms with Crippen LogP contribution in [0, 0.1) is 17.3 Å². The average Bonchev–Trinajstić information content (AvgIpc) is 2.85. The van der Waals surface area contributed by atoms with Crippen LogP contribution in [-0.4, -0.2) is 29.9 Å². The molecule has 1 aromatic rings. The summed E-state index contributed by atoms with van der Waals surface area (Å²) in [7, 11) is 1.60. The van der Waals surface area contributed by atoms with Gasteiger partial charge in [0.2, 0.25) is 0 Å². The van der Waals surface area contributed by atoms with Crippen LogP contribution in [0.15, 0.2) is 35.9 Å². The lowest BCUT2D eigenvalue weighted by Gasteiger charge is -2.43. The zero-order valence-electron chi connectivity index (χ0n) is 17.1. The second-order valence-electron chi connectivity index (χ2n) is 8.91. The van der Waals surface area contributed by atoms with Crippen molar-refractivity contribution in [2.45, 2.75) is 65.1 Å². The molecule has 0 unspecified atom stereocenters. The molecule has 1 fully saturated rings. The summed E-state index contributed by atoms with van der Waals surface area (Å²) in [5, 5.41) is 11.5. The van der Waals surface area contributed by atoms with E-state index in [1.807, 2.05) is 0 Å². The highest BCUT2D eigenvalue weighted by Crippen LogP contribution is 2.58. The Bertz CT molecular complexity index is 720.